The van der Waals surface area contributed by atoms with Crippen LogP contribution in [-0.2, 0) is 4.74 Å². The number of benzene rings is 1. The predicted molar refractivity (Wildman–Crippen MR) is 68.6 cm³/mol. The zero-order valence-electron chi connectivity index (χ0n) is 11.2. The van der Waals surface area contributed by atoms with Gasteiger partial charge < -0.3 is 14.4 Å². The number of aldehydes is 1. The summed E-state index contributed by atoms with van der Waals surface area (Å²) in [6, 6.07) is 0.269. The molecule has 2 aromatic rings. The van der Waals surface area contributed by atoms with E-state index in [4.69, 9.17) is 9.26 Å². The number of ether oxygens (including phenoxy) is 1. The number of carbonyl (C=O) groups excluding carboxylic acids is 2. The fraction of sp³-hybridized carbons (Fsp3) is 0.308. The molecule has 116 valence electrons. The molecule has 1 aromatic carbocycles. The van der Waals surface area contributed by atoms with Crippen molar-refractivity contribution >= 4 is 29.2 Å². The van der Waals surface area contributed by atoms with Crippen molar-refractivity contribution in [3.63, 3.8) is 0 Å². The maximum Gasteiger partial charge on any atom is 0.416 e. The van der Waals surface area contributed by atoms with E-state index in [2.05, 4.69) is 5.16 Å². The Labute approximate surface area is 122 Å². The minimum absolute atomic E-state index is 0.0644. The summed E-state index contributed by atoms with van der Waals surface area (Å²) in [7, 11) is 0. The van der Waals surface area contributed by atoms with E-state index in [0.29, 0.717) is 0 Å². The molecule has 0 aliphatic carbocycles. The van der Waals surface area contributed by atoms with Gasteiger partial charge in [0.2, 0.25) is 11.4 Å². The molecule has 1 amide bonds. The highest BCUT2D eigenvalue weighted by Crippen LogP contribution is 2.34. The third kappa shape index (κ3) is 1.93. The Morgan fingerprint density at radius 1 is 1.50 bits per heavy atom. The molecule has 1 fully saturated rings. The molecule has 9 heteroatoms. The van der Waals surface area contributed by atoms with Crippen LogP contribution in [0.1, 0.15) is 17.3 Å². The number of anilines is 1. The second-order valence-electron chi connectivity index (χ2n) is 4.85. The second-order valence-corrected chi connectivity index (χ2v) is 4.85. The Morgan fingerprint density at radius 3 is 2.86 bits per heavy atom. The molecular formula is C13H10F2N2O5. The summed E-state index contributed by atoms with van der Waals surface area (Å²) < 4.78 is 37.0. The lowest BCUT2D eigenvalue weighted by Crippen LogP contribution is -2.41. The van der Waals surface area contributed by atoms with Crippen molar-refractivity contribution in [2.24, 2.45) is 0 Å². The predicted octanol–water partition coefficient (Wildman–Crippen LogP) is 1.62. The van der Waals surface area contributed by atoms with Gasteiger partial charge in [0.05, 0.1) is 17.1 Å². The number of aliphatic hydroxyl groups is 1. The largest absolute Gasteiger partial charge is 0.447 e. The van der Waals surface area contributed by atoms with Gasteiger partial charge in [-0.15, -0.1) is 0 Å². The van der Waals surface area contributed by atoms with Gasteiger partial charge in [-0.2, -0.15) is 4.39 Å². The van der Waals surface area contributed by atoms with Gasteiger partial charge in [-0.05, 0) is 13.0 Å². The van der Waals surface area contributed by atoms with Gasteiger partial charge in [-0.1, -0.05) is 5.16 Å². The number of amides is 1. The summed E-state index contributed by atoms with van der Waals surface area (Å²) in [4.78, 5) is 23.6. The minimum atomic E-state index is -1.38. The van der Waals surface area contributed by atoms with Crippen molar-refractivity contribution in [2.75, 3.05) is 11.5 Å². The Bertz CT molecular complexity index is 773. The number of hydrogen-bond acceptors (Lipinski definition) is 6. The van der Waals surface area contributed by atoms with Crippen LogP contribution in [0.3, 0.4) is 0 Å². The van der Waals surface area contributed by atoms with Crippen molar-refractivity contribution in [3.8, 4) is 0 Å². The molecule has 1 aromatic heterocycles. The van der Waals surface area contributed by atoms with Crippen LogP contribution in [0.4, 0.5) is 19.4 Å². The van der Waals surface area contributed by atoms with Crippen LogP contribution >= 0.6 is 0 Å². The van der Waals surface area contributed by atoms with Crippen LogP contribution in [0.25, 0.3) is 11.0 Å². The number of rotatable bonds is 3. The lowest BCUT2D eigenvalue weighted by atomic mass is 10.1. The number of aliphatic hydroxyl groups excluding tert-OH is 1. The molecule has 2 atom stereocenters. The third-order valence-corrected chi connectivity index (χ3v) is 3.47. The summed E-state index contributed by atoms with van der Waals surface area (Å²) >= 11 is 0. The Kier molecular flexibility index (Phi) is 3.28. The van der Waals surface area contributed by atoms with Gasteiger partial charge >= 0.3 is 6.09 Å². The molecule has 0 saturated carbocycles. The molecule has 0 unspecified atom stereocenters. The van der Waals surface area contributed by atoms with Gasteiger partial charge in [0, 0.05) is 0 Å². The molecule has 2 heterocycles. The van der Waals surface area contributed by atoms with E-state index >= 15 is 0 Å². The van der Waals surface area contributed by atoms with Gasteiger partial charge in [0.25, 0.3) is 0 Å². The van der Waals surface area contributed by atoms with Gasteiger partial charge in [-0.25, -0.2) is 14.1 Å². The van der Waals surface area contributed by atoms with Gasteiger partial charge in [0.1, 0.15) is 12.6 Å². The number of carbonyl (C=O) groups is 2. The smallest absolute Gasteiger partial charge is 0.416 e. The highest BCUT2D eigenvalue weighted by atomic mass is 19.2. The van der Waals surface area contributed by atoms with Crippen LogP contribution in [0.5, 0.6) is 0 Å². The summed E-state index contributed by atoms with van der Waals surface area (Å²) in [5.41, 5.74) is -1.06. The molecule has 0 bridgehead atoms. The minimum Gasteiger partial charge on any atom is -0.447 e. The van der Waals surface area contributed by atoms with Crippen molar-refractivity contribution in [1.29, 1.82) is 0 Å². The number of fused-ring (bicyclic) bond motifs is 1. The van der Waals surface area contributed by atoms with Crippen LogP contribution in [-0.4, -0.2) is 41.4 Å². The molecular weight excluding hydrogens is 302 g/mol. The first-order chi connectivity index (χ1) is 10.5. The molecule has 1 N–H and O–H groups in total. The average Bonchev–Trinajstić information content (AvgIpc) is 3.05. The summed E-state index contributed by atoms with van der Waals surface area (Å²) in [5, 5.41) is 13.2. The van der Waals surface area contributed by atoms with E-state index in [1.807, 2.05) is 0 Å². The topological polar surface area (TPSA) is 92.9 Å². The lowest BCUT2D eigenvalue weighted by Gasteiger charge is -2.20. The number of aromatic nitrogens is 1. The van der Waals surface area contributed by atoms with Crippen LogP contribution < -0.4 is 4.90 Å². The molecule has 22 heavy (non-hydrogen) atoms. The molecule has 1 saturated heterocycles. The Balaban J connectivity index is 2.21. The molecule has 0 spiro atoms. The van der Waals surface area contributed by atoms with E-state index in [9.17, 15) is 23.5 Å². The highest BCUT2D eigenvalue weighted by molar-refractivity contribution is 6.01. The van der Waals surface area contributed by atoms with E-state index in [0.717, 1.165) is 11.0 Å². The quantitative estimate of drug-likeness (QED) is 0.866. The first-order valence-electron chi connectivity index (χ1n) is 6.32. The Morgan fingerprint density at radius 2 is 2.23 bits per heavy atom. The number of cyclic esters (lactones) is 1. The molecule has 0 radical (unpaired) electrons. The van der Waals surface area contributed by atoms with Crippen LogP contribution in [0.2, 0.25) is 0 Å². The fourth-order valence-corrected chi connectivity index (χ4v) is 2.32. The van der Waals surface area contributed by atoms with Crippen LogP contribution in [0, 0.1) is 11.6 Å². The van der Waals surface area contributed by atoms with Crippen molar-refractivity contribution in [3.05, 3.63) is 23.3 Å². The van der Waals surface area contributed by atoms with Gasteiger partial charge in [0.15, 0.2) is 17.9 Å². The maximum atomic E-state index is 13.8. The van der Waals surface area contributed by atoms with Crippen molar-refractivity contribution < 1.29 is 32.7 Å². The molecule has 7 nitrogen and oxygen atoms in total. The second kappa shape index (κ2) is 5.02. The van der Waals surface area contributed by atoms with E-state index in [1.165, 1.54) is 6.92 Å². The standard InChI is InChI=1S/C13H10F2N2O5/c1-5(19)8-4-21-13(20)17(8)12-7-2-6(3-18)9(14)10(15)11(7)22-16-12/h2-3,5,8,19H,4H2,1H3/t5-,8-/m1/s1. The summed E-state index contributed by atoms with van der Waals surface area (Å²) in [5.74, 6) is -2.88. The molecule has 1 aliphatic heterocycles. The normalized spacial score (nSPS) is 19.5. The lowest BCUT2D eigenvalue weighted by molar-refractivity contribution is 0.111. The fourth-order valence-electron chi connectivity index (χ4n) is 2.32. The van der Waals surface area contributed by atoms with Crippen molar-refractivity contribution in [1.82, 2.24) is 5.16 Å². The zero-order valence-corrected chi connectivity index (χ0v) is 11.2. The number of halogens is 2. The maximum absolute atomic E-state index is 13.8. The monoisotopic (exact) mass is 312 g/mol. The average molecular weight is 312 g/mol. The van der Waals surface area contributed by atoms with E-state index in [1.54, 1.807) is 0 Å². The van der Waals surface area contributed by atoms with E-state index < -0.39 is 41.0 Å². The SMILES string of the molecule is C[C@@H](O)[C@H]1COC(=O)N1c1noc2c(F)c(F)c(C=O)cc12. The Hall–Kier alpha value is -2.55. The molecule has 1 aliphatic rings. The summed E-state index contributed by atoms with van der Waals surface area (Å²) in [6.45, 7) is 1.36. The first kappa shape index (κ1) is 14.4. The van der Waals surface area contributed by atoms with Crippen molar-refractivity contribution in [2.45, 2.75) is 19.1 Å². The number of nitrogens with zero attached hydrogens (tertiary/aromatic N) is 2. The first-order valence-corrected chi connectivity index (χ1v) is 6.32. The summed E-state index contributed by atoms with van der Waals surface area (Å²) in [6.07, 6.45) is -1.61. The van der Waals surface area contributed by atoms with E-state index in [-0.39, 0.29) is 24.1 Å². The zero-order chi connectivity index (χ0) is 16.0. The number of hydrogen-bond donors (Lipinski definition) is 1. The molecule has 3 rings (SSSR count). The van der Waals surface area contributed by atoms with Gasteiger partial charge in [-0.3, -0.25) is 4.79 Å². The highest BCUT2D eigenvalue weighted by Gasteiger charge is 2.40. The third-order valence-electron chi connectivity index (χ3n) is 3.47. The van der Waals surface area contributed by atoms with Crippen LogP contribution in [0.15, 0.2) is 10.6 Å².